The fourth-order valence-corrected chi connectivity index (χ4v) is 2.25. The van der Waals surface area contributed by atoms with Crippen LogP contribution in [0, 0.1) is 6.92 Å². The molecule has 0 N–H and O–H groups in total. The minimum absolute atomic E-state index is 0.594. The van der Waals surface area contributed by atoms with E-state index in [-0.39, 0.29) is 0 Å². The van der Waals surface area contributed by atoms with Gasteiger partial charge in [0.15, 0.2) is 0 Å². The van der Waals surface area contributed by atoms with Crippen LogP contribution in [0.3, 0.4) is 0 Å². The molecule has 1 heterocycles. The smallest absolute Gasteiger partial charge is 0.119 e. The molecule has 2 aromatic rings. The second-order valence-electron chi connectivity index (χ2n) is 3.37. The van der Waals surface area contributed by atoms with Crippen molar-refractivity contribution < 1.29 is 4.74 Å². The first-order chi connectivity index (χ1) is 7.31. The van der Waals surface area contributed by atoms with Crippen molar-refractivity contribution in [1.29, 1.82) is 0 Å². The van der Waals surface area contributed by atoms with Crippen LogP contribution in [-0.2, 0) is 11.3 Å². The van der Waals surface area contributed by atoms with Gasteiger partial charge in [0.25, 0.3) is 0 Å². The number of aryl methyl sites for hydroxylation is 1. The first-order valence-electron chi connectivity index (χ1n) is 4.80. The summed E-state index contributed by atoms with van der Waals surface area (Å²) in [6, 6.07) is 8.28. The van der Waals surface area contributed by atoms with E-state index in [0.717, 1.165) is 10.7 Å². The molecular weight excluding hydrogens is 206 g/mol. The van der Waals surface area contributed by atoms with Gasteiger partial charge in [-0.05, 0) is 12.5 Å². The first kappa shape index (κ1) is 10.3. The molecule has 1 aromatic heterocycles. The highest BCUT2D eigenvalue weighted by atomic mass is 32.1. The maximum absolute atomic E-state index is 5.06. The van der Waals surface area contributed by atoms with Gasteiger partial charge in [0, 0.05) is 18.1 Å². The van der Waals surface area contributed by atoms with Crippen molar-refractivity contribution in [2.45, 2.75) is 13.5 Å². The highest BCUT2D eigenvalue weighted by Gasteiger charge is 2.05. The molecule has 2 nitrogen and oxygen atoms in total. The molecule has 0 saturated heterocycles. The van der Waals surface area contributed by atoms with Gasteiger partial charge in [-0.2, -0.15) is 0 Å². The summed E-state index contributed by atoms with van der Waals surface area (Å²) in [6.45, 7) is 2.70. The Hall–Kier alpha value is -1.19. The van der Waals surface area contributed by atoms with Gasteiger partial charge in [-0.3, -0.25) is 0 Å². The maximum Gasteiger partial charge on any atom is 0.119 e. The molecule has 0 unspecified atom stereocenters. The topological polar surface area (TPSA) is 22.1 Å². The van der Waals surface area contributed by atoms with E-state index in [2.05, 4.69) is 29.4 Å². The third kappa shape index (κ3) is 2.25. The number of hydrogen-bond acceptors (Lipinski definition) is 3. The summed E-state index contributed by atoms with van der Waals surface area (Å²) in [6.07, 6.45) is 0. The van der Waals surface area contributed by atoms with Gasteiger partial charge < -0.3 is 4.74 Å². The molecule has 0 bridgehead atoms. The third-order valence-corrected chi connectivity index (χ3v) is 3.06. The lowest BCUT2D eigenvalue weighted by Gasteiger charge is -2.00. The maximum atomic E-state index is 5.06. The molecule has 0 aliphatic carbocycles. The van der Waals surface area contributed by atoms with Gasteiger partial charge in [-0.25, -0.2) is 4.98 Å². The molecule has 15 heavy (non-hydrogen) atoms. The molecule has 0 fully saturated rings. The molecule has 0 spiro atoms. The summed E-state index contributed by atoms with van der Waals surface area (Å²) in [5.74, 6) is 0. The van der Waals surface area contributed by atoms with Crippen LogP contribution in [0.15, 0.2) is 29.6 Å². The highest BCUT2D eigenvalue weighted by molar-refractivity contribution is 7.09. The van der Waals surface area contributed by atoms with Crippen molar-refractivity contribution in [3.63, 3.8) is 0 Å². The first-order valence-corrected chi connectivity index (χ1v) is 5.68. The number of methoxy groups -OCH3 is 1. The zero-order valence-corrected chi connectivity index (χ0v) is 9.67. The average Bonchev–Trinajstić information content (AvgIpc) is 2.68. The lowest BCUT2D eigenvalue weighted by atomic mass is 10.1. The van der Waals surface area contributed by atoms with Crippen molar-refractivity contribution in [2.75, 3.05) is 7.11 Å². The molecular formula is C12H13NOS. The molecule has 78 valence electrons. The van der Waals surface area contributed by atoms with Gasteiger partial charge in [0.2, 0.25) is 0 Å². The Labute approximate surface area is 93.6 Å². The molecule has 0 saturated carbocycles. The second-order valence-corrected chi connectivity index (χ2v) is 4.32. The Morgan fingerprint density at radius 3 is 2.87 bits per heavy atom. The van der Waals surface area contributed by atoms with Crippen molar-refractivity contribution in [3.05, 3.63) is 40.2 Å². The number of thiazole rings is 1. The van der Waals surface area contributed by atoms with Gasteiger partial charge in [0.05, 0.1) is 12.3 Å². The fraction of sp³-hybridized carbons (Fsp3) is 0.250. The Morgan fingerprint density at radius 2 is 2.13 bits per heavy atom. The van der Waals surface area contributed by atoms with E-state index >= 15 is 0 Å². The van der Waals surface area contributed by atoms with Crippen molar-refractivity contribution in [2.24, 2.45) is 0 Å². The summed E-state index contributed by atoms with van der Waals surface area (Å²) in [4.78, 5) is 4.52. The van der Waals surface area contributed by atoms with Crippen LogP contribution in [0.5, 0.6) is 0 Å². The third-order valence-electron chi connectivity index (χ3n) is 2.24. The van der Waals surface area contributed by atoms with Crippen molar-refractivity contribution in [3.8, 4) is 11.3 Å². The van der Waals surface area contributed by atoms with E-state index in [1.54, 1.807) is 18.4 Å². The van der Waals surface area contributed by atoms with Crippen LogP contribution in [0.1, 0.15) is 10.6 Å². The standard InChI is InChI=1S/C12H13NOS/c1-9-5-3-4-6-10(9)11-8-15-12(13-11)7-14-2/h3-6,8H,7H2,1-2H3. The largest absolute Gasteiger partial charge is 0.378 e. The number of benzene rings is 1. The van der Waals surface area contributed by atoms with E-state index in [0.29, 0.717) is 6.61 Å². The molecule has 1 aromatic carbocycles. The van der Waals surface area contributed by atoms with Crippen LogP contribution >= 0.6 is 11.3 Å². The number of ether oxygens (including phenoxy) is 1. The normalized spacial score (nSPS) is 10.5. The lowest BCUT2D eigenvalue weighted by molar-refractivity contribution is 0.184. The molecule has 0 radical (unpaired) electrons. The Kier molecular flexibility index (Phi) is 3.14. The van der Waals surface area contributed by atoms with Crippen molar-refractivity contribution >= 4 is 11.3 Å². The summed E-state index contributed by atoms with van der Waals surface area (Å²) in [5, 5.41) is 3.10. The van der Waals surface area contributed by atoms with E-state index < -0.39 is 0 Å². The van der Waals surface area contributed by atoms with E-state index in [4.69, 9.17) is 4.74 Å². The van der Waals surface area contributed by atoms with Crippen LogP contribution in [0.25, 0.3) is 11.3 Å². The van der Waals surface area contributed by atoms with E-state index in [1.807, 2.05) is 12.1 Å². The van der Waals surface area contributed by atoms with Crippen molar-refractivity contribution in [1.82, 2.24) is 4.98 Å². The number of aromatic nitrogens is 1. The SMILES string of the molecule is COCc1nc(-c2ccccc2C)cs1. The Bertz CT molecular complexity index is 450. The molecule has 0 atom stereocenters. The van der Waals surface area contributed by atoms with Gasteiger partial charge in [-0.1, -0.05) is 24.3 Å². The number of nitrogens with zero attached hydrogens (tertiary/aromatic N) is 1. The molecule has 2 rings (SSSR count). The lowest BCUT2D eigenvalue weighted by Crippen LogP contribution is -1.87. The molecule has 0 amide bonds. The quantitative estimate of drug-likeness (QED) is 0.790. The Morgan fingerprint density at radius 1 is 1.33 bits per heavy atom. The molecule has 0 aliphatic heterocycles. The summed E-state index contributed by atoms with van der Waals surface area (Å²) >= 11 is 1.64. The summed E-state index contributed by atoms with van der Waals surface area (Å²) < 4.78 is 5.06. The highest BCUT2D eigenvalue weighted by Crippen LogP contribution is 2.24. The minimum atomic E-state index is 0.594. The molecule has 3 heteroatoms. The number of hydrogen-bond donors (Lipinski definition) is 0. The van der Waals surface area contributed by atoms with Crippen LogP contribution in [0.4, 0.5) is 0 Å². The van der Waals surface area contributed by atoms with Gasteiger partial charge in [0.1, 0.15) is 5.01 Å². The molecule has 0 aliphatic rings. The fourth-order valence-electron chi connectivity index (χ4n) is 1.48. The average molecular weight is 219 g/mol. The van der Waals surface area contributed by atoms with Crippen LogP contribution in [0.2, 0.25) is 0 Å². The predicted octanol–water partition coefficient (Wildman–Crippen LogP) is 3.26. The summed E-state index contributed by atoms with van der Waals surface area (Å²) in [7, 11) is 1.69. The zero-order chi connectivity index (χ0) is 10.7. The van der Waals surface area contributed by atoms with Gasteiger partial charge >= 0.3 is 0 Å². The zero-order valence-electron chi connectivity index (χ0n) is 8.86. The predicted molar refractivity (Wildman–Crippen MR) is 63.0 cm³/mol. The second kappa shape index (κ2) is 4.55. The van der Waals surface area contributed by atoms with Crippen LogP contribution in [-0.4, -0.2) is 12.1 Å². The number of rotatable bonds is 3. The van der Waals surface area contributed by atoms with Gasteiger partial charge in [-0.15, -0.1) is 11.3 Å². The monoisotopic (exact) mass is 219 g/mol. The van der Waals surface area contributed by atoms with Crippen LogP contribution < -0.4 is 0 Å². The van der Waals surface area contributed by atoms with E-state index in [9.17, 15) is 0 Å². The van der Waals surface area contributed by atoms with E-state index in [1.165, 1.54) is 11.1 Å². The minimum Gasteiger partial charge on any atom is -0.378 e. The summed E-state index contributed by atoms with van der Waals surface area (Å²) in [5.41, 5.74) is 3.51. The Balaban J connectivity index is 2.33.